The zero-order valence-corrected chi connectivity index (χ0v) is 10.3. The predicted octanol–water partition coefficient (Wildman–Crippen LogP) is 2.42. The van der Waals surface area contributed by atoms with Gasteiger partial charge in [-0.3, -0.25) is 4.79 Å². The van der Waals surface area contributed by atoms with E-state index in [-0.39, 0.29) is 5.75 Å². The summed E-state index contributed by atoms with van der Waals surface area (Å²) in [5, 5.41) is 16.5. The lowest BCUT2D eigenvalue weighted by Crippen LogP contribution is -2.06. The molecule has 1 heterocycles. The number of thioether (sulfide) groups is 1. The van der Waals surface area contributed by atoms with E-state index >= 15 is 0 Å². The van der Waals surface area contributed by atoms with Crippen LogP contribution in [-0.4, -0.2) is 15.3 Å². The fourth-order valence-electron chi connectivity index (χ4n) is 1.19. The summed E-state index contributed by atoms with van der Waals surface area (Å²) in [5.41, 5.74) is 0.507. The van der Waals surface area contributed by atoms with Crippen molar-refractivity contribution < 1.29 is 5.11 Å². The standard InChI is InChI=1S/C11H9ClN2O2S/c12-8-3-1-7(2-4-8)6-17-10-5-9(15)11(16)14-13-10/h1-5H,6H2,(H,13,15)(H,14,16). The zero-order chi connectivity index (χ0) is 12.3. The van der Waals surface area contributed by atoms with Gasteiger partial charge < -0.3 is 5.11 Å². The van der Waals surface area contributed by atoms with Crippen LogP contribution in [0.2, 0.25) is 5.02 Å². The molecule has 0 bridgehead atoms. The Kier molecular flexibility index (Phi) is 3.71. The first-order valence-electron chi connectivity index (χ1n) is 4.81. The summed E-state index contributed by atoms with van der Waals surface area (Å²) in [5.74, 6) is 0.369. The van der Waals surface area contributed by atoms with Gasteiger partial charge in [0.25, 0.3) is 0 Å². The molecule has 0 aliphatic carbocycles. The molecule has 0 saturated heterocycles. The van der Waals surface area contributed by atoms with E-state index in [2.05, 4.69) is 10.2 Å². The molecule has 4 nitrogen and oxygen atoms in total. The third-order valence-corrected chi connectivity index (χ3v) is 3.30. The largest absolute Gasteiger partial charge is 0.503 e. The second-order valence-corrected chi connectivity index (χ2v) is 4.77. The smallest absolute Gasteiger partial charge is 0.306 e. The van der Waals surface area contributed by atoms with Crippen LogP contribution in [0.25, 0.3) is 0 Å². The molecule has 88 valence electrons. The molecule has 2 aromatic rings. The summed E-state index contributed by atoms with van der Waals surface area (Å²) in [6.45, 7) is 0. The number of hydrogen-bond acceptors (Lipinski definition) is 4. The van der Waals surface area contributed by atoms with Gasteiger partial charge in [-0.1, -0.05) is 35.5 Å². The highest BCUT2D eigenvalue weighted by molar-refractivity contribution is 7.98. The number of halogens is 1. The molecule has 0 spiro atoms. The molecule has 1 aromatic heterocycles. The van der Waals surface area contributed by atoms with Crippen LogP contribution in [0, 0.1) is 0 Å². The van der Waals surface area contributed by atoms with Gasteiger partial charge >= 0.3 is 5.56 Å². The summed E-state index contributed by atoms with van der Waals surface area (Å²) >= 11 is 7.19. The maximum absolute atomic E-state index is 10.9. The summed E-state index contributed by atoms with van der Waals surface area (Å²) in [4.78, 5) is 10.9. The number of rotatable bonds is 3. The van der Waals surface area contributed by atoms with E-state index in [4.69, 9.17) is 11.6 Å². The average molecular weight is 269 g/mol. The molecule has 0 amide bonds. The van der Waals surface area contributed by atoms with Crippen LogP contribution in [0.4, 0.5) is 0 Å². The number of H-pyrrole nitrogens is 1. The SMILES string of the molecule is O=c1[nH]nc(SCc2ccc(Cl)cc2)cc1O. The molecule has 2 rings (SSSR count). The highest BCUT2D eigenvalue weighted by atomic mass is 35.5. The minimum absolute atomic E-state index is 0.321. The predicted molar refractivity (Wildman–Crippen MR) is 67.5 cm³/mol. The van der Waals surface area contributed by atoms with Crippen LogP contribution < -0.4 is 5.56 Å². The minimum Gasteiger partial charge on any atom is -0.503 e. The Morgan fingerprint density at radius 2 is 2.06 bits per heavy atom. The van der Waals surface area contributed by atoms with Gasteiger partial charge in [0.1, 0.15) is 5.03 Å². The first-order valence-corrected chi connectivity index (χ1v) is 6.17. The normalized spacial score (nSPS) is 10.4. The number of benzene rings is 1. The number of aromatic hydroxyl groups is 1. The van der Waals surface area contributed by atoms with E-state index in [1.54, 1.807) is 0 Å². The molecular formula is C11H9ClN2O2S. The van der Waals surface area contributed by atoms with Crippen molar-refractivity contribution in [2.75, 3.05) is 0 Å². The van der Waals surface area contributed by atoms with E-state index < -0.39 is 5.56 Å². The van der Waals surface area contributed by atoms with Crippen molar-refractivity contribution in [1.82, 2.24) is 10.2 Å². The van der Waals surface area contributed by atoms with Gasteiger partial charge in [0.15, 0.2) is 5.75 Å². The molecule has 0 aliphatic rings. The summed E-state index contributed by atoms with van der Waals surface area (Å²) < 4.78 is 0. The molecular weight excluding hydrogens is 260 g/mol. The fourth-order valence-corrected chi connectivity index (χ4v) is 2.13. The van der Waals surface area contributed by atoms with Crippen LogP contribution >= 0.6 is 23.4 Å². The summed E-state index contributed by atoms with van der Waals surface area (Å²) in [6.07, 6.45) is 0. The molecule has 0 atom stereocenters. The minimum atomic E-state index is -0.583. The van der Waals surface area contributed by atoms with Crippen LogP contribution in [-0.2, 0) is 5.75 Å². The second kappa shape index (κ2) is 5.25. The average Bonchev–Trinajstić information content (AvgIpc) is 2.33. The molecule has 0 unspecified atom stereocenters. The number of aromatic amines is 1. The van der Waals surface area contributed by atoms with E-state index in [1.807, 2.05) is 24.3 Å². The first-order chi connectivity index (χ1) is 8.15. The van der Waals surface area contributed by atoms with Crippen LogP contribution in [0.15, 0.2) is 40.2 Å². The van der Waals surface area contributed by atoms with Crippen molar-refractivity contribution in [2.24, 2.45) is 0 Å². The Hall–Kier alpha value is -1.46. The first kappa shape index (κ1) is 12.0. The topological polar surface area (TPSA) is 66.0 Å². The fraction of sp³-hybridized carbons (Fsp3) is 0.0909. The lowest BCUT2D eigenvalue weighted by Gasteiger charge is -2.01. The Balaban J connectivity index is 2.04. The van der Waals surface area contributed by atoms with Crippen molar-refractivity contribution >= 4 is 23.4 Å². The van der Waals surface area contributed by atoms with Gasteiger partial charge in [-0.15, -0.1) is 0 Å². The lowest BCUT2D eigenvalue weighted by molar-refractivity contribution is 0.460. The van der Waals surface area contributed by atoms with Crippen molar-refractivity contribution in [3.63, 3.8) is 0 Å². The molecule has 1 aromatic carbocycles. The monoisotopic (exact) mass is 268 g/mol. The quantitative estimate of drug-likeness (QED) is 0.839. The van der Waals surface area contributed by atoms with Crippen LogP contribution in [0.3, 0.4) is 0 Å². The Labute approximate surface area is 107 Å². The maximum atomic E-state index is 10.9. The number of aromatic nitrogens is 2. The Morgan fingerprint density at radius 1 is 1.35 bits per heavy atom. The Morgan fingerprint density at radius 3 is 2.71 bits per heavy atom. The van der Waals surface area contributed by atoms with Crippen molar-refractivity contribution in [3.05, 3.63) is 51.3 Å². The third kappa shape index (κ3) is 3.25. The molecule has 6 heteroatoms. The lowest BCUT2D eigenvalue weighted by atomic mass is 10.2. The zero-order valence-electron chi connectivity index (χ0n) is 8.68. The number of nitrogens with one attached hydrogen (secondary N) is 1. The molecule has 0 fully saturated rings. The van der Waals surface area contributed by atoms with E-state index in [1.165, 1.54) is 17.8 Å². The molecule has 17 heavy (non-hydrogen) atoms. The highest BCUT2D eigenvalue weighted by Gasteiger charge is 2.02. The molecule has 0 saturated carbocycles. The van der Waals surface area contributed by atoms with Crippen LogP contribution in [0.5, 0.6) is 5.75 Å². The van der Waals surface area contributed by atoms with Gasteiger partial charge in [0.2, 0.25) is 0 Å². The summed E-state index contributed by atoms with van der Waals surface area (Å²) in [7, 11) is 0. The van der Waals surface area contributed by atoms with E-state index in [0.29, 0.717) is 15.8 Å². The number of nitrogens with zero attached hydrogens (tertiary/aromatic N) is 1. The Bertz CT molecular complexity index is 568. The van der Waals surface area contributed by atoms with Crippen molar-refractivity contribution in [3.8, 4) is 5.75 Å². The van der Waals surface area contributed by atoms with Crippen molar-refractivity contribution in [2.45, 2.75) is 10.8 Å². The van der Waals surface area contributed by atoms with Gasteiger partial charge in [0, 0.05) is 16.8 Å². The van der Waals surface area contributed by atoms with Gasteiger partial charge in [-0.05, 0) is 17.7 Å². The van der Waals surface area contributed by atoms with Gasteiger partial charge in [0.05, 0.1) is 0 Å². The second-order valence-electron chi connectivity index (χ2n) is 3.34. The van der Waals surface area contributed by atoms with Crippen molar-refractivity contribution in [1.29, 1.82) is 0 Å². The summed E-state index contributed by atoms with van der Waals surface area (Å²) in [6, 6.07) is 8.81. The number of hydrogen-bond donors (Lipinski definition) is 2. The molecule has 2 N–H and O–H groups in total. The van der Waals surface area contributed by atoms with E-state index in [9.17, 15) is 9.90 Å². The van der Waals surface area contributed by atoms with Gasteiger partial charge in [-0.2, -0.15) is 5.10 Å². The highest BCUT2D eigenvalue weighted by Crippen LogP contribution is 2.22. The third-order valence-electron chi connectivity index (χ3n) is 2.06. The maximum Gasteiger partial charge on any atom is 0.306 e. The van der Waals surface area contributed by atoms with E-state index in [0.717, 1.165) is 5.56 Å². The van der Waals surface area contributed by atoms with Crippen LogP contribution in [0.1, 0.15) is 5.56 Å². The molecule has 0 radical (unpaired) electrons. The van der Waals surface area contributed by atoms with Gasteiger partial charge in [-0.25, -0.2) is 5.10 Å². The molecule has 0 aliphatic heterocycles.